The summed E-state index contributed by atoms with van der Waals surface area (Å²) in [5.41, 5.74) is 0.911. The van der Waals surface area contributed by atoms with Crippen LogP contribution in [0.2, 0.25) is 0 Å². The quantitative estimate of drug-likeness (QED) is 0.431. The van der Waals surface area contributed by atoms with Gasteiger partial charge in [-0.2, -0.15) is 11.8 Å². The van der Waals surface area contributed by atoms with Crippen molar-refractivity contribution in [2.24, 2.45) is 0 Å². The standard InChI is InChI=1S/C14H22N2O3S/c1-4-20-8-7-11(2)15-10-12-5-6-14(19-3)13(9-12)16(17)18/h5-6,9,11,15H,4,7-8,10H2,1-3H3. The molecule has 0 bridgehead atoms. The van der Waals surface area contributed by atoms with E-state index in [1.165, 1.54) is 7.11 Å². The molecule has 1 atom stereocenters. The Morgan fingerprint density at radius 3 is 2.85 bits per heavy atom. The Labute approximate surface area is 124 Å². The molecular weight excluding hydrogens is 276 g/mol. The van der Waals surface area contributed by atoms with E-state index in [2.05, 4.69) is 19.2 Å². The van der Waals surface area contributed by atoms with Gasteiger partial charge in [-0.25, -0.2) is 0 Å². The van der Waals surface area contributed by atoms with Gasteiger partial charge in [-0.05, 0) is 36.5 Å². The van der Waals surface area contributed by atoms with E-state index in [1.807, 2.05) is 17.8 Å². The van der Waals surface area contributed by atoms with E-state index in [0.29, 0.717) is 18.3 Å². The molecule has 0 fully saturated rings. The lowest BCUT2D eigenvalue weighted by Crippen LogP contribution is -2.26. The third kappa shape index (κ3) is 5.38. The number of hydrogen-bond donors (Lipinski definition) is 1. The highest BCUT2D eigenvalue weighted by molar-refractivity contribution is 7.99. The van der Waals surface area contributed by atoms with Crippen molar-refractivity contribution in [3.8, 4) is 5.75 Å². The van der Waals surface area contributed by atoms with Crippen molar-refractivity contribution in [1.29, 1.82) is 0 Å². The number of nitrogens with one attached hydrogen (secondary N) is 1. The molecule has 1 aromatic rings. The van der Waals surface area contributed by atoms with Crippen LogP contribution >= 0.6 is 11.8 Å². The molecule has 0 saturated carbocycles. The number of ether oxygens (including phenoxy) is 1. The van der Waals surface area contributed by atoms with Gasteiger partial charge in [-0.3, -0.25) is 10.1 Å². The summed E-state index contributed by atoms with van der Waals surface area (Å²) >= 11 is 1.92. The minimum absolute atomic E-state index is 0.0148. The van der Waals surface area contributed by atoms with Gasteiger partial charge in [-0.15, -0.1) is 0 Å². The second kappa shape index (κ2) is 8.81. The summed E-state index contributed by atoms with van der Waals surface area (Å²) < 4.78 is 4.99. The number of hydrogen-bond acceptors (Lipinski definition) is 5. The SMILES string of the molecule is CCSCCC(C)NCc1ccc(OC)c([N+](=O)[O-])c1. The Morgan fingerprint density at radius 2 is 2.25 bits per heavy atom. The molecule has 5 nitrogen and oxygen atoms in total. The number of nitro benzene ring substituents is 1. The smallest absolute Gasteiger partial charge is 0.311 e. The molecule has 20 heavy (non-hydrogen) atoms. The summed E-state index contributed by atoms with van der Waals surface area (Å²) in [5.74, 6) is 2.57. The Hall–Kier alpha value is -1.27. The van der Waals surface area contributed by atoms with Crippen LogP contribution in [0.25, 0.3) is 0 Å². The van der Waals surface area contributed by atoms with E-state index in [1.54, 1.807) is 12.1 Å². The zero-order chi connectivity index (χ0) is 15.0. The number of methoxy groups -OCH3 is 1. The molecule has 0 heterocycles. The largest absolute Gasteiger partial charge is 0.490 e. The summed E-state index contributed by atoms with van der Waals surface area (Å²) in [5, 5.41) is 14.3. The first-order chi connectivity index (χ1) is 9.58. The van der Waals surface area contributed by atoms with E-state index in [9.17, 15) is 10.1 Å². The molecule has 1 aromatic carbocycles. The van der Waals surface area contributed by atoms with Crippen LogP contribution in [-0.4, -0.2) is 29.6 Å². The monoisotopic (exact) mass is 298 g/mol. The highest BCUT2D eigenvalue weighted by Crippen LogP contribution is 2.27. The second-order valence-electron chi connectivity index (χ2n) is 4.53. The molecule has 0 saturated heterocycles. The number of rotatable bonds is 9. The van der Waals surface area contributed by atoms with Crippen molar-refractivity contribution in [2.75, 3.05) is 18.6 Å². The van der Waals surface area contributed by atoms with Gasteiger partial charge in [0.1, 0.15) is 0 Å². The van der Waals surface area contributed by atoms with Gasteiger partial charge in [-0.1, -0.05) is 13.0 Å². The molecule has 0 aliphatic rings. The minimum atomic E-state index is -0.413. The zero-order valence-corrected chi connectivity index (χ0v) is 13.0. The Morgan fingerprint density at radius 1 is 1.50 bits per heavy atom. The zero-order valence-electron chi connectivity index (χ0n) is 12.2. The van der Waals surface area contributed by atoms with Crippen LogP contribution < -0.4 is 10.1 Å². The molecule has 0 aliphatic carbocycles. The lowest BCUT2D eigenvalue weighted by molar-refractivity contribution is -0.385. The van der Waals surface area contributed by atoms with Crippen molar-refractivity contribution < 1.29 is 9.66 Å². The number of benzene rings is 1. The van der Waals surface area contributed by atoms with Gasteiger partial charge in [0.15, 0.2) is 5.75 Å². The van der Waals surface area contributed by atoms with Gasteiger partial charge >= 0.3 is 5.69 Å². The van der Waals surface area contributed by atoms with Crippen LogP contribution in [-0.2, 0) is 6.54 Å². The second-order valence-corrected chi connectivity index (χ2v) is 5.92. The van der Waals surface area contributed by atoms with Gasteiger partial charge in [0.2, 0.25) is 0 Å². The molecule has 0 aromatic heterocycles. The van der Waals surface area contributed by atoms with E-state index in [0.717, 1.165) is 23.5 Å². The molecule has 0 aliphatic heterocycles. The molecule has 1 N–H and O–H groups in total. The van der Waals surface area contributed by atoms with Crippen molar-refractivity contribution in [3.05, 3.63) is 33.9 Å². The molecule has 0 amide bonds. The predicted molar refractivity (Wildman–Crippen MR) is 83.6 cm³/mol. The number of nitrogens with zero attached hydrogens (tertiary/aromatic N) is 1. The fourth-order valence-corrected chi connectivity index (χ4v) is 2.60. The van der Waals surface area contributed by atoms with Crippen LogP contribution in [0.1, 0.15) is 25.8 Å². The van der Waals surface area contributed by atoms with E-state index in [4.69, 9.17) is 4.74 Å². The average Bonchev–Trinajstić information content (AvgIpc) is 2.45. The Bertz CT molecular complexity index is 440. The molecular formula is C14H22N2O3S. The highest BCUT2D eigenvalue weighted by Gasteiger charge is 2.15. The normalized spacial score (nSPS) is 12.2. The molecule has 1 unspecified atom stereocenters. The lowest BCUT2D eigenvalue weighted by Gasteiger charge is -2.13. The van der Waals surface area contributed by atoms with Crippen molar-refractivity contribution in [3.63, 3.8) is 0 Å². The fraction of sp³-hybridized carbons (Fsp3) is 0.571. The van der Waals surface area contributed by atoms with Crippen LogP contribution in [0.3, 0.4) is 0 Å². The summed E-state index contributed by atoms with van der Waals surface area (Å²) in [7, 11) is 1.44. The van der Waals surface area contributed by atoms with Crippen LogP contribution in [0.5, 0.6) is 5.75 Å². The van der Waals surface area contributed by atoms with Crippen LogP contribution in [0.15, 0.2) is 18.2 Å². The first-order valence-electron chi connectivity index (χ1n) is 6.70. The predicted octanol–water partition coefficient (Wildman–Crippen LogP) is 3.22. The van der Waals surface area contributed by atoms with E-state index < -0.39 is 4.92 Å². The number of thioether (sulfide) groups is 1. The van der Waals surface area contributed by atoms with Gasteiger partial charge in [0.05, 0.1) is 12.0 Å². The molecule has 1 rings (SSSR count). The highest BCUT2D eigenvalue weighted by atomic mass is 32.2. The van der Waals surface area contributed by atoms with Gasteiger partial charge < -0.3 is 10.1 Å². The summed E-state index contributed by atoms with van der Waals surface area (Å²) in [6, 6.07) is 5.47. The molecule has 6 heteroatoms. The lowest BCUT2D eigenvalue weighted by atomic mass is 10.1. The molecule has 112 valence electrons. The first kappa shape index (κ1) is 16.8. The molecule has 0 radical (unpaired) electrons. The first-order valence-corrected chi connectivity index (χ1v) is 7.86. The molecule has 0 spiro atoms. The third-order valence-corrected chi connectivity index (χ3v) is 3.93. The maximum Gasteiger partial charge on any atom is 0.311 e. The number of nitro groups is 1. The minimum Gasteiger partial charge on any atom is -0.490 e. The van der Waals surface area contributed by atoms with Crippen LogP contribution in [0.4, 0.5) is 5.69 Å². The summed E-state index contributed by atoms with van der Waals surface area (Å²) in [6.07, 6.45) is 1.09. The van der Waals surface area contributed by atoms with Crippen LogP contribution in [0, 0.1) is 10.1 Å². The Balaban J connectivity index is 2.56. The third-order valence-electron chi connectivity index (χ3n) is 2.99. The van der Waals surface area contributed by atoms with E-state index >= 15 is 0 Å². The fourth-order valence-electron chi connectivity index (χ4n) is 1.79. The maximum atomic E-state index is 10.9. The van der Waals surface area contributed by atoms with Gasteiger partial charge in [0, 0.05) is 18.7 Å². The average molecular weight is 298 g/mol. The van der Waals surface area contributed by atoms with Gasteiger partial charge in [0.25, 0.3) is 0 Å². The van der Waals surface area contributed by atoms with Crippen molar-refractivity contribution in [1.82, 2.24) is 5.32 Å². The van der Waals surface area contributed by atoms with E-state index in [-0.39, 0.29) is 5.69 Å². The maximum absolute atomic E-state index is 10.9. The summed E-state index contributed by atoms with van der Waals surface area (Å²) in [4.78, 5) is 10.5. The van der Waals surface area contributed by atoms with Crippen molar-refractivity contribution in [2.45, 2.75) is 32.9 Å². The Kier molecular flexibility index (Phi) is 7.40. The van der Waals surface area contributed by atoms with Crippen molar-refractivity contribution >= 4 is 17.4 Å². The topological polar surface area (TPSA) is 64.4 Å². The summed E-state index contributed by atoms with van der Waals surface area (Å²) in [6.45, 7) is 4.91.